The summed E-state index contributed by atoms with van der Waals surface area (Å²) in [5.41, 5.74) is 19.2. The molecule has 0 atom stereocenters. The minimum atomic E-state index is -3.50. The molecule has 10 nitrogen and oxygen atoms in total. The number of rotatable bonds is 30. The highest BCUT2D eigenvalue weighted by Crippen LogP contribution is 2.43. The minimum Gasteiger partial charge on any atom is -0.409 e. The Hall–Kier alpha value is -0.831. The van der Waals surface area contributed by atoms with Crippen LogP contribution < -0.4 is 0 Å². The quantitative estimate of drug-likeness (QED) is 0.0648. The van der Waals surface area contributed by atoms with Crippen LogP contribution in [-0.2, 0) is 41.2 Å². The van der Waals surface area contributed by atoms with Crippen molar-refractivity contribution in [3.8, 4) is 0 Å². The molecular weight excluding hydrogens is 1040 g/mol. The van der Waals surface area contributed by atoms with E-state index in [0.29, 0.717) is 60.4 Å². The predicted molar refractivity (Wildman–Crippen MR) is 321 cm³/mol. The van der Waals surface area contributed by atoms with Crippen molar-refractivity contribution in [3.05, 3.63) is 123 Å². The Bertz CT molecular complexity index is 1280. The average Bonchev–Trinajstić information content (AvgIpc) is 3.34. The summed E-state index contributed by atoms with van der Waals surface area (Å²) in [7, 11) is -35.0. The molecule has 20 heteroatoms. The lowest BCUT2D eigenvalue weighted by Gasteiger charge is -2.50. The molecule has 1 aliphatic rings. The van der Waals surface area contributed by atoms with Crippen molar-refractivity contribution < 1.29 is 41.2 Å². The molecule has 0 aliphatic carbocycles. The van der Waals surface area contributed by atoms with Crippen LogP contribution in [0.4, 0.5) is 0 Å². The highest BCUT2D eigenvalue weighted by atomic mass is 28.5. The molecular formula is C50H100O10Si10. The SMILES string of the molecule is C=C[Si]1(CCC)O[Si](C=C)(CCC)O[Si](C=C)(CCC)O[Si](C=C)(CCC)O[Si](C=C)(CCC)O[Si](C=C)(CCC)O[Si](C=C)(CCC)O[Si](C=C)(CCC)O[Si](C=C)(CCC)O[Si](C=C)(CCC)O1. The van der Waals surface area contributed by atoms with Crippen molar-refractivity contribution in [1.29, 1.82) is 0 Å². The van der Waals surface area contributed by atoms with E-state index in [2.05, 4.69) is 135 Å². The lowest BCUT2D eigenvalue weighted by Crippen LogP contribution is -2.68. The van der Waals surface area contributed by atoms with Gasteiger partial charge in [-0.1, -0.05) is 190 Å². The Morgan fingerprint density at radius 1 is 0.186 bits per heavy atom. The predicted octanol–water partition coefficient (Wildman–Crippen LogP) is 15.9. The third-order valence-electron chi connectivity index (χ3n) is 12.5. The smallest absolute Gasteiger partial charge is 0.347 e. The molecule has 0 N–H and O–H groups in total. The zero-order valence-electron chi connectivity index (χ0n) is 46.1. The van der Waals surface area contributed by atoms with Crippen molar-refractivity contribution in [3.63, 3.8) is 0 Å². The summed E-state index contributed by atoms with van der Waals surface area (Å²) in [5, 5.41) is 0. The molecule has 0 spiro atoms. The van der Waals surface area contributed by atoms with Crippen LogP contribution in [0.15, 0.2) is 123 Å². The molecule has 0 radical (unpaired) electrons. The minimum absolute atomic E-state index is 0.599. The maximum absolute atomic E-state index is 7.77. The van der Waals surface area contributed by atoms with E-state index < -0.39 is 85.6 Å². The van der Waals surface area contributed by atoms with Crippen LogP contribution in [0.3, 0.4) is 0 Å². The number of hydrogen-bond acceptors (Lipinski definition) is 10. The molecule has 0 aromatic carbocycles. The molecule has 0 aromatic rings. The van der Waals surface area contributed by atoms with Crippen LogP contribution in [0.1, 0.15) is 133 Å². The molecule has 1 aliphatic heterocycles. The van der Waals surface area contributed by atoms with Gasteiger partial charge in [-0.3, -0.25) is 0 Å². The van der Waals surface area contributed by atoms with E-state index in [1.165, 1.54) is 0 Å². The summed E-state index contributed by atoms with van der Waals surface area (Å²) >= 11 is 0. The maximum Gasteiger partial charge on any atom is 0.347 e. The van der Waals surface area contributed by atoms with Gasteiger partial charge in [0.05, 0.1) is 0 Å². The first kappa shape index (κ1) is 67.2. The normalized spacial score (nSPS) is 36.1. The Labute approximate surface area is 440 Å². The maximum atomic E-state index is 7.77. The van der Waals surface area contributed by atoms with Crippen molar-refractivity contribution in [2.75, 3.05) is 0 Å². The van der Waals surface area contributed by atoms with E-state index in [0.717, 1.165) is 64.2 Å². The average molecular weight is 1140 g/mol. The van der Waals surface area contributed by atoms with Crippen LogP contribution in [-0.4, -0.2) is 85.6 Å². The molecule has 0 aromatic heterocycles. The standard InChI is InChI=1S/C50H100O10Si10/c1-21-41-61(31-11)51-62(32-12,42-22-2)53-64(34-14,44-24-4)55-66(36-16,46-26-6)57-68(38-18,48-28-8)59-70(40-20,50-30-10)60-69(39-19,49-29-9)58-67(37-17,47-27-7)56-65(35-15,45-25-5)54-63(33-13,52-61)43-23-3/h31-40H,11-30,41-50H2,1-10H3. The van der Waals surface area contributed by atoms with Gasteiger partial charge in [0.2, 0.25) is 0 Å². The Balaban J connectivity index is 5.03. The van der Waals surface area contributed by atoms with Crippen molar-refractivity contribution in [1.82, 2.24) is 0 Å². The summed E-state index contributed by atoms with van der Waals surface area (Å²) in [4.78, 5) is 0. The second-order valence-electron chi connectivity index (χ2n) is 18.7. The first-order chi connectivity index (χ1) is 33.3. The van der Waals surface area contributed by atoms with Crippen LogP contribution in [0, 0.1) is 0 Å². The summed E-state index contributed by atoms with van der Waals surface area (Å²) < 4.78 is 77.7. The van der Waals surface area contributed by atoms with Gasteiger partial charge in [0.25, 0.3) is 0 Å². The van der Waals surface area contributed by atoms with Gasteiger partial charge in [-0.05, 0) is 60.4 Å². The molecule has 0 amide bonds. The molecule has 1 heterocycles. The molecule has 0 saturated carbocycles. The summed E-state index contributed by atoms with van der Waals surface area (Å²) in [6.45, 7) is 66.4. The van der Waals surface area contributed by atoms with Crippen molar-refractivity contribution >= 4 is 85.6 Å². The molecule has 70 heavy (non-hydrogen) atoms. The van der Waals surface area contributed by atoms with E-state index in [4.69, 9.17) is 41.2 Å². The number of hydrogen-bond donors (Lipinski definition) is 0. The molecule has 1 fully saturated rings. The fourth-order valence-corrected chi connectivity index (χ4v) is 62.1. The first-order valence-electron chi connectivity index (χ1n) is 26.7. The van der Waals surface area contributed by atoms with E-state index in [1.807, 2.05) is 57.0 Å². The van der Waals surface area contributed by atoms with Crippen LogP contribution in [0.25, 0.3) is 0 Å². The third-order valence-corrected chi connectivity index (χ3v) is 58.4. The van der Waals surface area contributed by atoms with Crippen molar-refractivity contribution in [2.24, 2.45) is 0 Å². The van der Waals surface area contributed by atoms with Gasteiger partial charge >= 0.3 is 85.6 Å². The molecule has 0 bridgehead atoms. The van der Waals surface area contributed by atoms with Crippen molar-refractivity contribution in [2.45, 2.75) is 194 Å². The summed E-state index contributed by atoms with van der Waals surface area (Å²) in [6.07, 6.45) is 7.67. The summed E-state index contributed by atoms with van der Waals surface area (Å²) in [5.74, 6) is 0. The summed E-state index contributed by atoms with van der Waals surface area (Å²) in [6, 6.07) is 5.99. The monoisotopic (exact) mass is 1140 g/mol. The lowest BCUT2D eigenvalue weighted by molar-refractivity contribution is 0.237. The van der Waals surface area contributed by atoms with Crippen LogP contribution in [0.5, 0.6) is 0 Å². The van der Waals surface area contributed by atoms with E-state index >= 15 is 0 Å². The van der Waals surface area contributed by atoms with Gasteiger partial charge in [-0.25, -0.2) is 0 Å². The van der Waals surface area contributed by atoms with Gasteiger partial charge < -0.3 is 41.2 Å². The molecule has 1 saturated heterocycles. The van der Waals surface area contributed by atoms with E-state index in [1.54, 1.807) is 0 Å². The third kappa shape index (κ3) is 17.6. The second kappa shape index (κ2) is 31.3. The van der Waals surface area contributed by atoms with Gasteiger partial charge in [0.1, 0.15) is 0 Å². The fourth-order valence-electron chi connectivity index (χ4n) is 9.49. The van der Waals surface area contributed by atoms with E-state index in [9.17, 15) is 0 Å². The lowest BCUT2D eigenvalue weighted by atomic mass is 10.6. The highest BCUT2D eigenvalue weighted by Gasteiger charge is 2.61. The Morgan fingerprint density at radius 3 is 0.300 bits per heavy atom. The fraction of sp³-hybridized carbons (Fsp3) is 0.600. The Morgan fingerprint density at radius 2 is 0.257 bits per heavy atom. The molecule has 0 unspecified atom stereocenters. The van der Waals surface area contributed by atoms with E-state index in [-0.39, 0.29) is 0 Å². The van der Waals surface area contributed by atoms with Gasteiger partial charge in [0, 0.05) is 0 Å². The largest absolute Gasteiger partial charge is 0.409 e. The van der Waals surface area contributed by atoms with Gasteiger partial charge in [-0.2, -0.15) is 0 Å². The first-order valence-corrected chi connectivity index (χ1v) is 47.7. The zero-order chi connectivity index (χ0) is 53.3. The van der Waals surface area contributed by atoms with Gasteiger partial charge in [-0.15, -0.1) is 65.8 Å². The second-order valence-corrected chi connectivity index (χ2v) is 52.2. The topological polar surface area (TPSA) is 92.3 Å². The zero-order valence-corrected chi connectivity index (χ0v) is 56.1. The van der Waals surface area contributed by atoms with Crippen LogP contribution in [0.2, 0.25) is 60.4 Å². The van der Waals surface area contributed by atoms with Gasteiger partial charge in [0.15, 0.2) is 0 Å². The highest BCUT2D eigenvalue weighted by molar-refractivity contribution is 7.01. The Kier molecular flexibility index (Phi) is 30.0. The molecule has 400 valence electrons. The van der Waals surface area contributed by atoms with Crippen LogP contribution >= 0.6 is 0 Å². The molecule has 1 rings (SSSR count).